The molecule has 0 aliphatic carbocycles. The normalized spacial score (nSPS) is 16.9. The highest BCUT2D eigenvalue weighted by Crippen LogP contribution is 2.13. The zero-order valence-electron chi connectivity index (χ0n) is 22.5. The van der Waals surface area contributed by atoms with Crippen molar-refractivity contribution in [1.82, 2.24) is 4.90 Å². The lowest BCUT2D eigenvalue weighted by atomic mass is 9.13. The molecule has 0 radical (unpaired) electrons. The molecule has 4 aromatic rings. The molecule has 4 aromatic carbocycles. The van der Waals surface area contributed by atoms with E-state index in [0.29, 0.717) is 21.9 Å². The minimum atomic E-state index is -2.25. The van der Waals surface area contributed by atoms with E-state index in [2.05, 4.69) is 16.9 Å². The van der Waals surface area contributed by atoms with Crippen LogP contribution in [0.15, 0.2) is 102 Å². The number of benzene rings is 4. The van der Waals surface area contributed by atoms with E-state index in [1.807, 2.05) is 0 Å². The first-order valence-corrected chi connectivity index (χ1v) is 13.7. The Kier molecular flexibility index (Phi) is 8.36. The van der Waals surface area contributed by atoms with E-state index in [1.165, 1.54) is 87.0 Å². The third kappa shape index (κ3) is 5.68. The monoisotopic (exact) mass is 545 g/mol. The maximum Gasteiger partial charge on any atom is 0.298 e. The molecule has 8 heteroatoms. The van der Waals surface area contributed by atoms with Crippen molar-refractivity contribution in [2.75, 3.05) is 33.2 Å². The van der Waals surface area contributed by atoms with Crippen LogP contribution in [0.4, 0.5) is 17.6 Å². The average molecular weight is 545 g/mol. The molecule has 1 saturated heterocycles. The third-order valence-electron chi connectivity index (χ3n) is 7.94. The number of hydrogen-bond acceptors (Lipinski definition) is 2. The third-order valence-corrected chi connectivity index (χ3v) is 7.94. The molecule has 40 heavy (non-hydrogen) atoms. The Balaban J connectivity index is 0.000000244. The van der Waals surface area contributed by atoms with Crippen molar-refractivity contribution in [2.24, 2.45) is 4.99 Å². The van der Waals surface area contributed by atoms with E-state index < -0.39 is 29.4 Å². The Morgan fingerprint density at radius 2 is 1.02 bits per heavy atom. The summed E-state index contributed by atoms with van der Waals surface area (Å²) in [5.41, 5.74) is 1.97. The van der Waals surface area contributed by atoms with Gasteiger partial charge in [-0.3, -0.25) is 4.90 Å². The Bertz CT molecular complexity index is 1320. The molecule has 2 aliphatic rings. The lowest BCUT2D eigenvalue weighted by molar-refractivity contribution is -0.818. The van der Waals surface area contributed by atoms with Crippen LogP contribution in [0, 0.1) is 23.3 Å². The minimum Gasteiger partial charge on any atom is -0.314 e. The standard InChI is InChI=1S/C24H16BF4.C8H15N3/c26-21-9-1-5-17(13-21)25(18-6-2-10-22(27)14-18,19-7-3-11-23(28)15-19)20-8-4-12-24(29)16-20;1-10-5-3-7-11-6-2-4-9-8(10)11/h1-16H;2-7H2,1H3/q-1;/p+1. The van der Waals surface area contributed by atoms with Crippen molar-refractivity contribution in [1.29, 1.82) is 0 Å². The molecule has 1 atom stereocenters. The van der Waals surface area contributed by atoms with Gasteiger partial charge in [-0.15, -0.1) is 0 Å². The van der Waals surface area contributed by atoms with Gasteiger partial charge in [0, 0.05) is 26.4 Å². The highest BCUT2D eigenvalue weighted by Gasteiger charge is 2.33. The van der Waals surface area contributed by atoms with Gasteiger partial charge in [0.15, 0.2) is 0 Å². The van der Waals surface area contributed by atoms with Gasteiger partial charge in [0.1, 0.15) is 29.4 Å². The van der Waals surface area contributed by atoms with Crippen molar-refractivity contribution >= 4 is 34.0 Å². The Hall–Kier alpha value is -3.91. The predicted octanol–water partition coefficient (Wildman–Crippen LogP) is 2.59. The highest BCUT2D eigenvalue weighted by molar-refractivity contribution is 7.19. The topological polar surface area (TPSA) is 20.0 Å². The molecule has 0 spiro atoms. The number of guanidine groups is 1. The molecule has 0 amide bonds. The number of hydrogen-bond donors (Lipinski definition) is 1. The van der Waals surface area contributed by atoms with Crippen LogP contribution in [0.5, 0.6) is 0 Å². The maximum atomic E-state index is 14.3. The highest BCUT2D eigenvalue weighted by atomic mass is 19.1. The van der Waals surface area contributed by atoms with Crippen LogP contribution in [0.3, 0.4) is 0 Å². The molecule has 3 nitrogen and oxygen atoms in total. The summed E-state index contributed by atoms with van der Waals surface area (Å²) < 4.78 is 57.1. The van der Waals surface area contributed by atoms with Crippen LogP contribution in [-0.2, 0) is 0 Å². The van der Waals surface area contributed by atoms with E-state index >= 15 is 0 Å². The fourth-order valence-electron chi connectivity index (χ4n) is 6.22. The van der Waals surface area contributed by atoms with E-state index in [0.717, 1.165) is 6.54 Å². The predicted molar refractivity (Wildman–Crippen MR) is 155 cm³/mol. The average Bonchev–Trinajstić information content (AvgIpc) is 2.95. The van der Waals surface area contributed by atoms with Crippen LogP contribution in [0.1, 0.15) is 12.8 Å². The maximum absolute atomic E-state index is 14.3. The SMILES string of the molecule is CN1CCC[NH+]2CCCN=C12.Fc1cccc([B-](c2cccc(F)c2)(c2cccc(F)c2)c2cccc(F)c2)c1. The first-order chi connectivity index (χ1) is 19.4. The Morgan fingerprint density at radius 3 is 1.40 bits per heavy atom. The molecule has 1 unspecified atom stereocenters. The summed E-state index contributed by atoms with van der Waals surface area (Å²) >= 11 is 0. The molecule has 0 bridgehead atoms. The molecule has 206 valence electrons. The van der Waals surface area contributed by atoms with Crippen LogP contribution >= 0.6 is 0 Å². The summed E-state index contributed by atoms with van der Waals surface area (Å²) in [4.78, 5) is 8.44. The fourth-order valence-corrected chi connectivity index (χ4v) is 6.22. The van der Waals surface area contributed by atoms with Crippen molar-refractivity contribution in [3.8, 4) is 0 Å². The van der Waals surface area contributed by atoms with Gasteiger partial charge in [0.2, 0.25) is 0 Å². The number of nitrogens with zero attached hydrogens (tertiary/aromatic N) is 2. The number of fused-ring (bicyclic) bond motifs is 1. The second-order valence-electron chi connectivity index (χ2n) is 10.5. The quantitative estimate of drug-likeness (QED) is 0.309. The van der Waals surface area contributed by atoms with E-state index in [-0.39, 0.29) is 0 Å². The van der Waals surface area contributed by atoms with Crippen molar-refractivity contribution in [2.45, 2.75) is 12.8 Å². The summed E-state index contributed by atoms with van der Waals surface area (Å²) in [6, 6.07) is 23.5. The first-order valence-electron chi connectivity index (χ1n) is 13.7. The lowest BCUT2D eigenvalue weighted by Crippen LogP contribution is -3.18. The summed E-state index contributed by atoms with van der Waals surface area (Å²) in [6.07, 6.45) is 0.343. The molecular formula is C32H32BF4N3. The number of rotatable bonds is 4. The van der Waals surface area contributed by atoms with Crippen LogP contribution in [-0.4, -0.2) is 50.2 Å². The molecule has 6 rings (SSSR count). The van der Waals surface area contributed by atoms with Crippen molar-refractivity contribution < 1.29 is 22.5 Å². The summed E-state index contributed by atoms with van der Waals surface area (Å²) in [6.45, 7) is 4.83. The summed E-state index contributed by atoms with van der Waals surface area (Å²) in [5.74, 6) is -0.644. The minimum absolute atomic E-state index is 0.488. The number of halogens is 4. The Labute approximate surface area is 232 Å². The molecule has 0 aromatic heterocycles. The molecule has 2 aliphatic heterocycles. The lowest BCUT2D eigenvalue weighted by Gasteiger charge is -2.44. The van der Waals surface area contributed by atoms with E-state index in [4.69, 9.17) is 0 Å². The van der Waals surface area contributed by atoms with Gasteiger partial charge in [-0.05, 0) is 24.3 Å². The van der Waals surface area contributed by atoms with Gasteiger partial charge in [0.05, 0.1) is 19.6 Å². The van der Waals surface area contributed by atoms with E-state index in [1.54, 1.807) is 53.4 Å². The fraction of sp³-hybridized carbons (Fsp3) is 0.219. The molecule has 1 N–H and O–H groups in total. The van der Waals surface area contributed by atoms with Gasteiger partial charge >= 0.3 is 0 Å². The van der Waals surface area contributed by atoms with Crippen molar-refractivity contribution in [3.63, 3.8) is 0 Å². The molecule has 2 heterocycles. The number of aliphatic imine (C=N–C) groups is 1. The van der Waals surface area contributed by atoms with Crippen molar-refractivity contribution in [3.05, 3.63) is 120 Å². The van der Waals surface area contributed by atoms with Gasteiger partial charge in [0.25, 0.3) is 5.96 Å². The smallest absolute Gasteiger partial charge is 0.298 e. The zero-order chi connectivity index (χ0) is 28.1. The van der Waals surface area contributed by atoms with Gasteiger partial charge in [-0.25, -0.2) is 22.6 Å². The molecule has 0 saturated carbocycles. The zero-order valence-corrected chi connectivity index (χ0v) is 22.5. The largest absolute Gasteiger partial charge is 0.314 e. The summed E-state index contributed by atoms with van der Waals surface area (Å²) in [7, 11) is 2.16. The van der Waals surface area contributed by atoms with Crippen LogP contribution < -0.4 is 26.8 Å². The van der Waals surface area contributed by atoms with E-state index in [9.17, 15) is 17.6 Å². The van der Waals surface area contributed by atoms with Gasteiger partial charge in [-0.2, -0.15) is 21.9 Å². The second-order valence-corrected chi connectivity index (χ2v) is 10.5. The van der Waals surface area contributed by atoms with Gasteiger partial charge < -0.3 is 4.90 Å². The van der Waals surface area contributed by atoms with Gasteiger partial charge in [-0.1, -0.05) is 72.8 Å². The Morgan fingerprint density at radius 1 is 0.625 bits per heavy atom. The summed E-state index contributed by atoms with van der Waals surface area (Å²) in [5, 5.41) is 0. The first kappa shape index (κ1) is 27.7. The van der Waals surface area contributed by atoms with Crippen LogP contribution in [0.2, 0.25) is 0 Å². The second kappa shape index (κ2) is 12.1. The van der Waals surface area contributed by atoms with Crippen LogP contribution in [0.25, 0.3) is 0 Å². The molecule has 1 fully saturated rings. The molecular weight excluding hydrogens is 513 g/mol. The number of quaternary nitrogens is 1. The number of nitrogens with one attached hydrogen (secondary N) is 1.